The number of carbonyl (C=O) groups excluding carboxylic acids is 1. The van der Waals surface area contributed by atoms with Crippen LogP contribution >= 0.6 is 0 Å². The number of nitrogens with zero attached hydrogens (tertiary/aromatic N) is 3. The maximum Gasteiger partial charge on any atom is 0.265 e. The second-order valence-corrected chi connectivity index (χ2v) is 10.1. The molecule has 0 spiro atoms. The monoisotopic (exact) mass is 538 g/mol. The number of anilines is 1. The van der Waals surface area contributed by atoms with Gasteiger partial charge in [-0.2, -0.15) is 0 Å². The molecular formula is C27H27FN4O5S. The summed E-state index contributed by atoms with van der Waals surface area (Å²) in [4.78, 5) is 17.1. The number of para-hydroxylation sites is 2. The Morgan fingerprint density at radius 2 is 1.74 bits per heavy atom. The Hall–Kier alpha value is -4.38. The summed E-state index contributed by atoms with van der Waals surface area (Å²) < 4.78 is 55.2. The van der Waals surface area contributed by atoms with Gasteiger partial charge >= 0.3 is 0 Å². The Bertz CT molecular complexity index is 1550. The summed E-state index contributed by atoms with van der Waals surface area (Å²) in [6.45, 7) is 1.33. The Balaban J connectivity index is 1.63. The van der Waals surface area contributed by atoms with Gasteiger partial charge in [-0.15, -0.1) is 0 Å². The first-order chi connectivity index (χ1) is 18.3. The molecule has 4 aromatic rings. The van der Waals surface area contributed by atoms with E-state index in [0.29, 0.717) is 5.75 Å². The molecule has 0 aliphatic heterocycles. The molecule has 0 fully saturated rings. The van der Waals surface area contributed by atoms with E-state index in [1.54, 1.807) is 6.20 Å². The van der Waals surface area contributed by atoms with Crippen LogP contribution < -0.4 is 19.1 Å². The molecule has 0 radical (unpaired) electrons. The minimum Gasteiger partial charge on any atom is -0.493 e. The van der Waals surface area contributed by atoms with Crippen molar-refractivity contribution in [2.75, 3.05) is 25.1 Å². The number of nitrogens with one attached hydrogen (secondary N) is 1. The third kappa shape index (κ3) is 5.47. The summed E-state index contributed by atoms with van der Waals surface area (Å²) in [6, 6.07) is 16.8. The number of aryl methyl sites for hydroxylation is 1. The van der Waals surface area contributed by atoms with Crippen LogP contribution in [0.2, 0.25) is 0 Å². The van der Waals surface area contributed by atoms with Crippen molar-refractivity contribution < 1.29 is 27.1 Å². The molecule has 9 nitrogen and oxygen atoms in total. The molecule has 0 bridgehead atoms. The molecule has 0 saturated carbocycles. The number of hydrogen-bond donors (Lipinski definition) is 1. The molecule has 1 N–H and O–H groups in total. The lowest BCUT2D eigenvalue weighted by molar-refractivity contribution is -0.119. The second-order valence-electron chi connectivity index (χ2n) is 8.23. The van der Waals surface area contributed by atoms with Gasteiger partial charge in [0.05, 0.1) is 30.5 Å². The van der Waals surface area contributed by atoms with Crippen molar-refractivity contribution in [1.82, 2.24) is 14.9 Å². The lowest BCUT2D eigenvalue weighted by Crippen LogP contribution is -2.41. The highest BCUT2D eigenvalue weighted by molar-refractivity contribution is 7.92. The molecule has 0 unspecified atom stereocenters. The summed E-state index contributed by atoms with van der Waals surface area (Å²) in [7, 11) is -1.58. The second kappa shape index (κ2) is 11.3. The van der Waals surface area contributed by atoms with Crippen LogP contribution in [-0.2, 0) is 21.4 Å². The van der Waals surface area contributed by atoms with Crippen molar-refractivity contribution in [3.05, 3.63) is 96.3 Å². The normalized spacial score (nSPS) is 11.2. The lowest BCUT2D eigenvalue weighted by atomic mass is 10.1. The molecule has 3 aromatic carbocycles. The molecule has 1 amide bonds. The van der Waals surface area contributed by atoms with E-state index < -0.39 is 28.3 Å². The van der Waals surface area contributed by atoms with Crippen LogP contribution in [0.15, 0.2) is 84.0 Å². The zero-order valence-corrected chi connectivity index (χ0v) is 21.9. The molecule has 0 saturated heterocycles. The maximum atomic E-state index is 14.8. The van der Waals surface area contributed by atoms with Crippen LogP contribution in [0.3, 0.4) is 0 Å². The van der Waals surface area contributed by atoms with E-state index in [4.69, 9.17) is 9.47 Å². The van der Waals surface area contributed by atoms with Crippen molar-refractivity contribution in [3.63, 3.8) is 0 Å². The molecule has 0 aliphatic rings. The first-order valence-corrected chi connectivity index (χ1v) is 13.0. The SMILES string of the molecule is COc1ccc(S(=O)(=O)N(CC(=O)NCc2ccccc2-n2ccnc2C)c2ccccc2F)cc1OC. The van der Waals surface area contributed by atoms with Crippen molar-refractivity contribution >= 4 is 21.6 Å². The van der Waals surface area contributed by atoms with Crippen molar-refractivity contribution in [2.45, 2.75) is 18.4 Å². The minimum atomic E-state index is -4.38. The predicted octanol–water partition coefficient (Wildman–Crippen LogP) is 3.85. The zero-order valence-electron chi connectivity index (χ0n) is 21.1. The smallest absolute Gasteiger partial charge is 0.265 e. The van der Waals surface area contributed by atoms with Crippen LogP contribution in [0.1, 0.15) is 11.4 Å². The average Bonchev–Trinajstić information content (AvgIpc) is 3.36. The highest BCUT2D eigenvalue weighted by Gasteiger charge is 2.30. The molecule has 0 aliphatic carbocycles. The van der Waals surface area contributed by atoms with Crippen LogP contribution in [0, 0.1) is 12.7 Å². The molecular weight excluding hydrogens is 511 g/mol. The average molecular weight is 539 g/mol. The summed E-state index contributed by atoms with van der Waals surface area (Å²) in [5, 5.41) is 2.76. The predicted molar refractivity (Wildman–Crippen MR) is 141 cm³/mol. The fourth-order valence-corrected chi connectivity index (χ4v) is 5.41. The van der Waals surface area contributed by atoms with E-state index in [2.05, 4.69) is 10.3 Å². The first-order valence-electron chi connectivity index (χ1n) is 11.6. The largest absolute Gasteiger partial charge is 0.493 e. The van der Waals surface area contributed by atoms with Gasteiger partial charge in [-0.25, -0.2) is 17.8 Å². The van der Waals surface area contributed by atoms with Crippen LogP contribution in [0.5, 0.6) is 11.5 Å². The standard InChI is InChI=1S/C27H27FN4O5S/c1-19-29-14-15-31(19)23-10-6-4-8-20(23)17-30-27(33)18-32(24-11-7-5-9-22(24)28)38(34,35)21-12-13-25(36-2)26(16-21)37-3/h4-16H,17-18H2,1-3H3,(H,30,33). The number of benzene rings is 3. The van der Waals surface area contributed by atoms with Crippen molar-refractivity contribution in [2.24, 2.45) is 0 Å². The molecule has 38 heavy (non-hydrogen) atoms. The van der Waals surface area contributed by atoms with Gasteiger partial charge in [-0.05, 0) is 42.8 Å². The number of sulfonamides is 1. The molecule has 198 valence electrons. The Kier molecular flexibility index (Phi) is 7.96. The summed E-state index contributed by atoms with van der Waals surface area (Å²) in [5.74, 6) is -0.124. The number of amides is 1. The number of halogens is 1. The van der Waals surface area contributed by atoms with E-state index in [0.717, 1.165) is 27.4 Å². The first kappa shape index (κ1) is 26.7. The van der Waals surface area contributed by atoms with Crippen LogP contribution in [0.25, 0.3) is 5.69 Å². The van der Waals surface area contributed by atoms with Crippen LogP contribution in [-0.4, -0.2) is 44.6 Å². The van der Waals surface area contributed by atoms with E-state index in [1.807, 2.05) is 42.0 Å². The van der Waals surface area contributed by atoms with Gasteiger partial charge in [0.25, 0.3) is 10.0 Å². The summed E-state index contributed by atoms with van der Waals surface area (Å²) in [6.07, 6.45) is 3.49. The number of rotatable bonds is 10. The fourth-order valence-electron chi connectivity index (χ4n) is 3.97. The molecule has 4 rings (SSSR count). The van der Waals surface area contributed by atoms with Gasteiger partial charge < -0.3 is 19.4 Å². The Morgan fingerprint density at radius 3 is 2.42 bits per heavy atom. The van der Waals surface area contributed by atoms with E-state index in [-0.39, 0.29) is 22.9 Å². The van der Waals surface area contributed by atoms with E-state index in [1.165, 1.54) is 50.6 Å². The number of imidazole rings is 1. The molecule has 1 aromatic heterocycles. The Labute approximate surface area is 220 Å². The minimum absolute atomic E-state index is 0.119. The molecule has 11 heteroatoms. The van der Waals surface area contributed by atoms with Crippen LogP contribution in [0.4, 0.5) is 10.1 Å². The van der Waals surface area contributed by atoms with Gasteiger partial charge in [-0.1, -0.05) is 30.3 Å². The van der Waals surface area contributed by atoms with Gasteiger partial charge in [0.15, 0.2) is 11.5 Å². The van der Waals surface area contributed by atoms with Crippen molar-refractivity contribution in [3.8, 4) is 17.2 Å². The maximum absolute atomic E-state index is 14.8. The number of ether oxygens (including phenoxy) is 2. The Morgan fingerprint density at radius 1 is 1.03 bits per heavy atom. The van der Waals surface area contributed by atoms with Gasteiger partial charge in [0.2, 0.25) is 5.91 Å². The third-order valence-electron chi connectivity index (χ3n) is 5.90. The number of methoxy groups -OCH3 is 2. The molecule has 1 heterocycles. The fraction of sp³-hybridized carbons (Fsp3) is 0.185. The topological polar surface area (TPSA) is 103 Å². The highest BCUT2D eigenvalue weighted by atomic mass is 32.2. The zero-order chi connectivity index (χ0) is 27.3. The summed E-state index contributed by atoms with van der Waals surface area (Å²) in [5.41, 5.74) is 1.36. The molecule has 0 atom stereocenters. The van der Waals surface area contributed by atoms with Crippen molar-refractivity contribution in [1.29, 1.82) is 0 Å². The number of hydrogen-bond acceptors (Lipinski definition) is 6. The van der Waals surface area contributed by atoms with Gasteiger partial charge in [0.1, 0.15) is 18.2 Å². The third-order valence-corrected chi connectivity index (χ3v) is 7.66. The van der Waals surface area contributed by atoms with Gasteiger partial charge in [0, 0.05) is 25.0 Å². The number of aromatic nitrogens is 2. The lowest BCUT2D eigenvalue weighted by Gasteiger charge is -2.25. The van der Waals surface area contributed by atoms with Gasteiger partial charge in [-0.3, -0.25) is 9.10 Å². The van der Waals surface area contributed by atoms with E-state index in [9.17, 15) is 17.6 Å². The highest BCUT2D eigenvalue weighted by Crippen LogP contribution is 2.32. The summed E-state index contributed by atoms with van der Waals surface area (Å²) >= 11 is 0. The van der Waals surface area contributed by atoms with E-state index >= 15 is 0 Å². The quantitative estimate of drug-likeness (QED) is 0.329. The number of carbonyl (C=O) groups is 1.